The largest absolute Gasteiger partial charge is 0.347 e. The molecule has 4 nitrogen and oxygen atoms in total. The van der Waals surface area contributed by atoms with Crippen molar-refractivity contribution in [2.75, 3.05) is 0 Å². The van der Waals surface area contributed by atoms with E-state index in [1.54, 1.807) is 24.0 Å². The number of carbonyl (C=O) groups is 1. The van der Waals surface area contributed by atoms with Gasteiger partial charge in [-0.1, -0.05) is 24.3 Å². The summed E-state index contributed by atoms with van der Waals surface area (Å²) in [4.78, 5) is 11.8. The maximum Gasteiger partial charge on any atom is 0.272 e. The molecule has 0 unspecified atom stereocenters. The maximum absolute atomic E-state index is 11.8. The van der Waals surface area contributed by atoms with Crippen LogP contribution in [0.4, 0.5) is 0 Å². The van der Waals surface area contributed by atoms with Crippen molar-refractivity contribution < 1.29 is 4.79 Å². The summed E-state index contributed by atoms with van der Waals surface area (Å²) >= 11 is 5.76. The summed E-state index contributed by atoms with van der Waals surface area (Å²) in [6.07, 6.45) is 1.74. The second kappa shape index (κ2) is 5.69. The molecule has 1 heterocycles. The van der Waals surface area contributed by atoms with Crippen LogP contribution in [0.3, 0.4) is 0 Å². The van der Waals surface area contributed by atoms with E-state index < -0.39 is 0 Å². The van der Waals surface area contributed by atoms with E-state index in [4.69, 9.17) is 11.6 Å². The molecule has 0 bridgehead atoms. The summed E-state index contributed by atoms with van der Waals surface area (Å²) in [6.45, 7) is 0.472. The third-order valence-electron chi connectivity index (χ3n) is 2.55. The van der Waals surface area contributed by atoms with Crippen molar-refractivity contribution in [1.29, 1.82) is 0 Å². The molecule has 5 heteroatoms. The Kier molecular flexibility index (Phi) is 3.99. The fraction of sp³-hybridized carbons (Fsp3) is 0.231. The quantitative estimate of drug-likeness (QED) is 0.859. The van der Waals surface area contributed by atoms with E-state index >= 15 is 0 Å². The lowest BCUT2D eigenvalue weighted by molar-refractivity contribution is 0.0945. The Morgan fingerprint density at radius 1 is 1.39 bits per heavy atom. The van der Waals surface area contributed by atoms with Gasteiger partial charge in [0, 0.05) is 25.7 Å². The molecule has 0 atom stereocenters. The molecule has 1 N–H and O–H groups in total. The zero-order chi connectivity index (χ0) is 13.0. The number of amides is 1. The summed E-state index contributed by atoms with van der Waals surface area (Å²) < 4.78 is 1.60. The summed E-state index contributed by atoms with van der Waals surface area (Å²) in [5.41, 5.74) is 2.49. The van der Waals surface area contributed by atoms with Crippen LogP contribution in [-0.4, -0.2) is 15.7 Å². The Balaban J connectivity index is 1.97. The van der Waals surface area contributed by atoms with E-state index in [2.05, 4.69) is 10.4 Å². The number of hydrogen-bond acceptors (Lipinski definition) is 2. The van der Waals surface area contributed by atoms with Crippen LogP contribution in [0.15, 0.2) is 36.5 Å². The van der Waals surface area contributed by atoms with E-state index in [0.717, 1.165) is 11.1 Å². The Labute approximate surface area is 111 Å². The van der Waals surface area contributed by atoms with Gasteiger partial charge in [-0.25, -0.2) is 0 Å². The van der Waals surface area contributed by atoms with Crippen LogP contribution < -0.4 is 5.32 Å². The molecule has 0 spiro atoms. The summed E-state index contributed by atoms with van der Waals surface area (Å²) in [5, 5.41) is 6.86. The lowest BCUT2D eigenvalue weighted by atomic mass is 10.1. The fourth-order valence-corrected chi connectivity index (χ4v) is 1.80. The molecule has 0 saturated heterocycles. The first kappa shape index (κ1) is 12.6. The number of nitrogens with zero attached hydrogens (tertiary/aromatic N) is 2. The highest BCUT2D eigenvalue weighted by atomic mass is 35.5. The SMILES string of the molecule is Cn1ccc(C(=O)NCc2cccc(CCl)c2)n1. The minimum Gasteiger partial charge on any atom is -0.347 e. The lowest BCUT2D eigenvalue weighted by Gasteiger charge is -2.04. The smallest absolute Gasteiger partial charge is 0.272 e. The minimum atomic E-state index is -0.174. The molecule has 1 amide bonds. The molecule has 2 aromatic rings. The predicted octanol–water partition coefficient (Wildman–Crippen LogP) is 2.09. The lowest BCUT2D eigenvalue weighted by Crippen LogP contribution is -2.23. The Hall–Kier alpha value is -1.81. The van der Waals surface area contributed by atoms with Crippen LogP contribution in [0.25, 0.3) is 0 Å². The molecular weight excluding hydrogens is 250 g/mol. The monoisotopic (exact) mass is 263 g/mol. The first-order valence-corrected chi connectivity index (χ1v) is 6.14. The zero-order valence-electron chi connectivity index (χ0n) is 10.1. The van der Waals surface area contributed by atoms with Crippen molar-refractivity contribution in [3.8, 4) is 0 Å². The fourth-order valence-electron chi connectivity index (χ4n) is 1.63. The molecule has 2 rings (SSSR count). The maximum atomic E-state index is 11.8. The summed E-state index contributed by atoms with van der Waals surface area (Å²) in [5.74, 6) is 0.300. The highest BCUT2D eigenvalue weighted by molar-refractivity contribution is 6.17. The molecule has 0 fully saturated rings. The molecular formula is C13H14ClN3O. The first-order chi connectivity index (χ1) is 8.69. The third kappa shape index (κ3) is 3.11. The van der Waals surface area contributed by atoms with Crippen LogP contribution in [0.5, 0.6) is 0 Å². The van der Waals surface area contributed by atoms with Crippen LogP contribution in [0.1, 0.15) is 21.6 Å². The van der Waals surface area contributed by atoms with Gasteiger partial charge in [-0.2, -0.15) is 5.10 Å². The first-order valence-electron chi connectivity index (χ1n) is 5.60. The van der Waals surface area contributed by atoms with E-state index in [9.17, 15) is 4.79 Å². The molecule has 0 radical (unpaired) electrons. The Morgan fingerprint density at radius 3 is 2.83 bits per heavy atom. The van der Waals surface area contributed by atoms with Gasteiger partial charge in [-0.05, 0) is 17.2 Å². The molecule has 18 heavy (non-hydrogen) atoms. The number of benzene rings is 1. The van der Waals surface area contributed by atoms with Crippen molar-refractivity contribution in [1.82, 2.24) is 15.1 Å². The number of halogens is 1. The average Bonchev–Trinajstić information content (AvgIpc) is 2.83. The van der Waals surface area contributed by atoms with Gasteiger partial charge in [0.25, 0.3) is 5.91 Å². The second-order valence-electron chi connectivity index (χ2n) is 4.01. The number of rotatable bonds is 4. The Bertz CT molecular complexity index is 551. The molecule has 0 saturated carbocycles. The van der Waals surface area contributed by atoms with Gasteiger partial charge >= 0.3 is 0 Å². The van der Waals surface area contributed by atoms with Crippen molar-refractivity contribution in [2.45, 2.75) is 12.4 Å². The van der Waals surface area contributed by atoms with Gasteiger partial charge in [0.1, 0.15) is 5.69 Å². The van der Waals surface area contributed by atoms with E-state index in [-0.39, 0.29) is 5.91 Å². The molecule has 94 valence electrons. The molecule has 1 aromatic heterocycles. The van der Waals surface area contributed by atoms with Crippen molar-refractivity contribution >= 4 is 17.5 Å². The normalized spacial score (nSPS) is 10.3. The van der Waals surface area contributed by atoms with Crippen molar-refractivity contribution in [3.05, 3.63) is 53.3 Å². The van der Waals surface area contributed by atoms with Gasteiger partial charge in [-0.3, -0.25) is 9.48 Å². The average molecular weight is 264 g/mol. The molecule has 0 aliphatic carbocycles. The summed E-state index contributed by atoms with van der Waals surface area (Å²) in [7, 11) is 1.78. The van der Waals surface area contributed by atoms with Crippen molar-refractivity contribution in [2.24, 2.45) is 7.05 Å². The van der Waals surface area contributed by atoms with Gasteiger partial charge in [0.2, 0.25) is 0 Å². The number of nitrogens with one attached hydrogen (secondary N) is 1. The molecule has 0 aliphatic heterocycles. The number of aromatic nitrogens is 2. The Morgan fingerprint density at radius 2 is 2.17 bits per heavy atom. The highest BCUT2D eigenvalue weighted by Crippen LogP contribution is 2.07. The number of carbonyl (C=O) groups excluding carboxylic acids is 1. The highest BCUT2D eigenvalue weighted by Gasteiger charge is 2.07. The van der Waals surface area contributed by atoms with Gasteiger partial charge < -0.3 is 5.32 Å². The van der Waals surface area contributed by atoms with Crippen LogP contribution in [0.2, 0.25) is 0 Å². The van der Waals surface area contributed by atoms with Gasteiger partial charge in [0.05, 0.1) is 0 Å². The predicted molar refractivity (Wildman–Crippen MR) is 70.4 cm³/mol. The standard InChI is InChI=1S/C13H14ClN3O/c1-17-6-5-12(16-17)13(18)15-9-11-4-2-3-10(7-11)8-14/h2-7H,8-9H2,1H3,(H,15,18). The molecule has 1 aromatic carbocycles. The minimum absolute atomic E-state index is 0.174. The number of alkyl halides is 1. The molecule has 0 aliphatic rings. The van der Waals surface area contributed by atoms with Gasteiger partial charge in [0.15, 0.2) is 0 Å². The van der Waals surface area contributed by atoms with Crippen molar-refractivity contribution in [3.63, 3.8) is 0 Å². The number of aryl methyl sites for hydroxylation is 1. The van der Waals surface area contributed by atoms with E-state index in [1.807, 2.05) is 24.3 Å². The topological polar surface area (TPSA) is 46.9 Å². The van der Waals surface area contributed by atoms with Crippen LogP contribution in [0, 0.1) is 0 Å². The second-order valence-corrected chi connectivity index (χ2v) is 4.28. The van der Waals surface area contributed by atoms with E-state index in [0.29, 0.717) is 18.1 Å². The van der Waals surface area contributed by atoms with Crippen LogP contribution >= 0.6 is 11.6 Å². The third-order valence-corrected chi connectivity index (χ3v) is 2.85. The van der Waals surface area contributed by atoms with E-state index in [1.165, 1.54) is 0 Å². The number of hydrogen-bond donors (Lipinski definition) is 1. The van der Waals surface area contributed by atoms with Gasteiger partial charge in [-0.15, -0.1) is 11.6 Å². The zero-order valence-corrected chi connectivity index (χ0v) is 10.8. The van der Waals surface area contributed by atoms with Crippen LogP contribution in [-0.2, 0) is 19.5 Å². The summed E-state index contributed by atoms with van der Waals surface area (Å²) in [6, 6.07) is 9.50.